The Morgan fingerprint density at radius 2 is 1.53 bits per heavy atom. The number of nitrogens with one attached hydrogen (secondary N) is 5. The molecule has 1 saturated carbocycles. The van der Waals surface area contributed by atoms with E-state index in [-0.39, 0.29) is 41.0 Å². The van der Waals surface area contributed by atoms with Crippen molar-refractivity contribution >= 4 is 41.4 Å². The summed E-state index contributed by atoms with van der Waals surface area (Å²) >= 11 is 0. The molecule has 0 spiro atoms. The van der Waals surface area contributed by atoms with Gasteiger partial charge in [-0.1, -0.05) is 30.3 Å². The number of rotatable bonds is 14. The van der Waals surface area contributed by atoms with Crippen molar-refractivity contribution in [2.24, 2.45) is 17.6 Å². The van der Waals surface area contributed by atoms with E-state index in [1.54, 1.807) is 50.1 Å². The molecule has 1 atom stereocenters. The molecule has 1 aromatic heterocycles. The van der Waals surface area contributed by atoms with Gasteiger partial charge < -0.3 is 36.8 Å². The number of benzene rings is 3. The number of aliphatic carboxylic acids is 1. The van der Waals surface area contributed by atoms with Crippen LogP contribution in [-0.4, -0.2) is 86.6 Å². The van der Waals surface area contributed by atoms with E-state index in [0.717, 1.165) is 25.8 Å². The number of nitrogens with two attached hydrogens (primary N) is 1. The summed E-state index contributed by atoms with van der Waals surface area (Å²) in [5.74, 6) is -18.6. The molecule has 1 aliphatic heterocycles. The fourth-order valence-corrected chi connectivity index (χ4v) is 7.11. The van der Waals surface area contributed by atoms with E-state index in [4.69, 9.17) is 15.6 Å². The van der Waals surface area contributed by atoms with Gasteiger partial charge in [0.05, 0.1) is 5.56 Å². The molecule has 3 aromatic carbocycles. The first-order chi connectivity index (χ1) is 31.0. The SMILES string of the molecule is CC(C)(C)OC(=O)NCC1CCC(C(=O)N[C@@H](Cc2ccc(-c3ccc(C(N)=O)c(F)c3)cc2)C(=O)Nc2ccc(-c3n[nH]c(C(F)(F)C(F)(F)C(=O)O)n3)cc2)CC1.O=C1CCCCN1. The minimum Gasteiger partial charge on any atom is -0.477 e. The molecule has 0 radical (unpaired) electrons. The van der Waals surface area contributed by atoms with E-state index in [1.165, 1.54) is 42.5 Å². The summed E-state index contributed by atoms with van der Waals surface area (Å²) in [6.07, 6.45) is 4.76. The molecule has 1 aliphatic carbocycles. The van der Waals surface area contributed by atoms with E-state index in [9.17, 15) is 50.7 Å². The van der Waals surface area contributed by atoms with Crippen LogP contribution in [0.25, 0.3) is 22.5 Å². The molecule has 0 bridgehead atoms. The Morgan fingerprint density at radius 1 is 0.894 bits per heavy atom. The number of carboxylic acid groups (broad SMARTS) is 1. The highest BCUT2D eigenvalue weighted by atomic mass is 19.3. The standard InChI is InChI=1S/C40H42F5N7O7.C5H9NO/c1-38(2,3)59-37(58)47-20-22-6-10-25(11-7-22)33(54)49-30(18-21-4-8-23(9-5-21)26-14-17-28(31(46)53)29(41)19-26)34(55)48-27-15-12-24(13-16-27)32-50-35(52-51-32)39(42,43)40(44,45)36(56)57;7-5-3-1-2-4-6-5/h4-5,8-9,12-17,19,22,25,30H,6-7,10-11,18,20H2,1-3H3,(H2,46,53)(H,47,58)(H,48,55)(H,49,54)(H,56,57)(H,50,51,52);1-4H2,(H,6,7)/t22?,25?,30-;/m0./s1. The van der Waals surface area contributed by atoms with Crippen LogP contribution < -0.4 is 27.0 Å². The van der Waals surface area contributed by atoms with Crippen LogP contribution in [0.1, 0.15) is 87.5 Å². The average molecular weight is 927 g/mol. The highest BCUT2D eigenvalue weighted by molar-refractivity contribution is 5.98. The number of piperidine rings is 1. The summed E-state index contributed by atoms with van der Waals surface area (Å²) in [4.78, 5) is 75.4. The fourth-order valence-electron chi connectivity index (χ4n) is 7.11. The second-order valence-electron chi connectivity index (χ2n) is 17.0. The summed E-state index contributed by atoms with van der Waals surface area (Å²) in [7, 11) is 0. The molecule has 2 heterocycles. The molecule has 8 N–H and O–H groups in total. The van der Waals surface area contributed by atoms with Crippen LogP contribution in [0.4, 0.5) is 32.4 Å². The normalized spacial score (nSPS) is 16.9. The monoisotopic (exact) mass is 926 g/mol. The van der Waals surface area contributed by atoms with E-state index in [0.29, 0.717) is 48.9 Å². The number of alkyl carbamates (subject to hydrolysis) is 1. The molecule has 16 nitrogen and oxygen atoms in total. The number of carbonyl (C=O) groups is 6. The molecule has 354 valence electrons. The summed E-state index contributed by atoms with van der Waals surface area (Å²) in [6, 6.07) is 15.0. The molecule has 0 unspecified atom stereocenters. The predicted octanol–water partition coefficient (Wildman–Crippen LogP) is 6.47. The van der Waals surface area contributed by atoms with E-state index >= 15 is 0 Å². The minimum absolute atomic E-state index is 0.0230. The van der Waals surface area contributed by atoms with Gasteiger partial charge in [-0.25, -0.2) is 19.0 Å². The molecule has 2 fully saturated rings. The lowest BCUT2D eigenvalue weighted by Gasteiger charge is -2.29. The molecule has 5 amide bonds. The van der Waals surface area contributed by atoms with Crippen molar-refractivity contribution < 1.29 is 60.6 Å². The molecule has 1 saturated heterocycles. The Balaban J connectivity index is 0.00000106. The second kappa shape index (κ2) is 21.4. The highest BCUT2D eigenvalue weighted by Crippen LogP contribution is 2.42. The molecule has 6 rings (SSSR count). The maximum atomic E-state index is 14.5. The number of carbonyl (C=O) groups excluding carboxylic acids is 5. The minimum atomic E-state index is -5.47. The number of halogens is 5. The topological polar surface area (TPSA) is 248 Å². The van der Waals surface area contributed by atoms with E-state index < -0.39 is 70.7 Å². The summed E-state index contributed by atoms with van der Waals surface area (Å²) < 4.78 is 75.6. The molecular weight excluding hydrogens is 876 g/mol. The first-order valence-electron chi connectivity index (χ1n) is 21.1. The lowest BCUT2D eigenvalue weighted by Crippen LogP contribution is -2.48. The summed E-state index contributed by atoms with van der Waals surface area (Å²) in [6.45, 7) is 6.56. The third kappa shape index (κ3) is 13.3. The number of ether oxygens (including phenoxy) is 1. The Morgan fingerprint density at radius 3 is 2.08 bits per heavy atom. The maximum Gasteiger partial charge on any atom is 0.411 e. The van der Waals surface area contributed by atoms with Crippen molar-refractivity contribution in [3.8, 4) is 22.5 Å². The molecule has 66 heavy (non-hydrogen) atoms. The van der Waals surface area contributed by atoms with Crippen molar-refractivity contribution in [2.45, 2.75) is 95.6 Å². The van der Waals surface area contributed by atoms with Gasteiger partial charge in [0.2, 0.25) is 23.5 Å². The zero-order valence-electron chi connectivity index (χ0n) is 36.3. The van der Waals surface area contributed by atoms with Gasteiger partial charge >= 0.3 is 23.9 Å². The van der Waals surface area contributed by atoms with Crippen molar-refractivity contribution in [1.82, 2.24) is 31.1 Å². The van der Waals surface area contributed by atoms with Crippen LogP contribution in [-0.2, 0) is 36.3 Å². The number of hydrogen-bond donors (Lipinski definition) is 7. The number of H-pyrrole nitrogens is 1. The quantitative estimate of drug-likeness (QED) is 0.0679. The zero-order chi connectivity index (χ0) is 48.4. The lowest BCUT2D eigenvalue weighted by molar-refractivity contribution is -0.231. The highest BCUT2D eigenvalue weighted by Gasteiger charge is 2.65. The van der Waals surface area contributed by atoms with Crippen LogP contribution in [0.15, 0.2) is 66.7 Å². The van der Waals surface area contributed by atoms with Crippen molar-refractivity contribution in [1.29, 1.82) is 0 Å². The molecular formula is C45H51F5N8O8. The Bertz CT molecular complexity index is 2370. The number of nitrogens with zero attached hydrogens (tertiary/aromatic N) is 2. The number of amides is 5. The van der Waals surface area contributed by atoms with Gasteiger partial charge in [0.15, 0.2) is 5.82 Å². The zero-order valence-corrected chi connectivity index (χ0v) is 36.3. The van der Waals surface area contributed by atoms with Crippen LogP contribution >= 0.6 is 0 Å². The van der Waals surface area contributed by atoms with Gasteiger partial charge in [0.1, 0.15) is 17.5 Å². The first kappa shape index (κ1) is 50.1. The van der Waals surface area contributed by atoms with E-state index in [2.05, 4.69) is 31.3 Å². The largest absolute Gasteiger partial charge is 0.477 e. The van der Waals surface area contributed by atoms with Crippen LogP contribution in [0.2, 0.25) is 0 Å². The number of anilines is 1. The predicted molar refractivity (Wildman–Crippen MR) is 229 cm³/mol. The van der Waals surface area contributed by atoms with Gasteiger partial charge in [-0.15, -0.1) is 0 Å². The van der Waals surface area contributed by atoms with Gasteiger partial charge in [-0.05, 0) is 118 Å². The molecule has 21 heteroatoms. The van der Waals surface area contributed by atoms with Crippen molar-refractivity contribution in [3.63, 3.8) is 0 Å². The Hall–Kier alpha value is -6.93. The fraction of sp³-hybridized carbons (Fsp3) is 0.422. The van der Waals surface area contributed by atoms with Crippen LogP contribution in [0.3, 0.4) is 0 Å². The van der Waals surface area contributed by atoms with Crippen molar-refractivity contribution in [2.75, 3.05) is 18.4 Å². The second-order valence-corrected chi connectivity index (χ2v) is 17.0. The number of hydrogen-bond acceptors (Lipinski definition) is 9. The first-order valence-corrected chi connectivity index (χ1v) is 21.1. The summed E-state index contributed by atoms with van der Waals surface area (Å²) in [5.41, 5.74) is 6.26. The Labute approximate surface area is 376 Å². The molecule has 4 aromatic rings. The smallest absolute Gasteiger partial charge is 0.411 e. The number of alkyl halides is 4. The van der Waals surface area contributed by atoms with Gasteiger partial charge in [-0.2, -0.15) is 22.7 Å². The Kier molecular flexibility index (Phi) is 16.2. The third-order valence-corrected chi connectivity index (χ3v) is 10.8. The lowest BCUT2D eigenvalue weighted by atomic mass is 9.81. The number of aromatic amines is 1. The van der Waals surface area contributed by atoms with E-state index in [1.807, 2.05) is 0 Å². The third-order valence-electron chi connectivity index (χ3n) is 10.8. The number of primary amides is 1. The van der Waals surface area contributed by atoms with Crippen LogP contribution in [0, 0.1) is 17.7 Å². The maximum absolute atomic E-state index is 14.5. The number of aromatic nitrogens is 3. The van der Waals surface area contributed by atoms with Crippen molar-refractivity contribution in [3.05, 3.63) is 89.5 Å². The molecule has 2 aliphatic rings. The van der Waals surface area contributed by atoms with Gasteiger partial charge in [0.25, 0.3) is 5.91 Å². The summed E-state index contributed by atoms with van der Waals surface area (Å²) in [5, 5.41) is 24.8. The van der Waals surface area contributed by atoms with Gasteiger partial charge in [0, 0.05) is 43.1 Å². The number of carboxylic acids is 1. The van der Waals surface area contributed by atoms with Gasteiger partial charge in [-0.3, -0.25) is 24.3 Å². The van der Waals surface area contributed by atoms with Crippen LogP contribution in [0.5, 0.6) is 0 Å². The average Bonchev–Trinajstić information content (AvgIpc) is 3.77.